The van der Waals surface area contributed by atoms with Crippen molar-refractivity contribution in [2.75, 3.05) is 36.8 Å². The first-order chi connectivity index (χ1) is 16.5. The van der Waals surface area contributed by atoms with Crippen LogP contribution in [0.15, 0.2) is 65.7 Å². The fourth-order valence-corrected chi connectivity index (χ4v) is 3.59. The van der Waals surface area contributed by atoms with Crippen LogP contribution in [0.2, 0.25) is 0 Å². The molecule has 0 radical (unpaired) electrons. The number of nitrogens with one attached hydrogen (secondary N) is 5. The van der Waals surface area contributed by atoms with Gasteiger partial charge in [-0.3, -0.25) is 4.99 Å². The van der Waals surface area contributed by atoms with Gasteiger partial charge in [0, 0.05) is 43.1 Å². The summed E-state index contributed by atoms with van der Waals surface area (Å²) in [5.74, 6) is 0.798. The Morgan fingerprint density at radius 1 is 0.824 bits per heavy atom. The van der Waals surface area contributed by atoms with Gasteiger partial charge in [-0.15, -0.1) is 0 Å². The predicted octanol–water partition coefficient (Wildman–Crippen LogP) is 3.45. The van der Waals surface area contributed by atoms with E-state index in [9.17, 15) is 9.59 Å². The van der Waals surface area contributed by atoms with Gasteiger partial charge in [-0.25, -0.2) is 9.59 Å². The van der Waals surface area contributed by atoms with Crippen LogP contribution < -0.4 is 26.6 Å². The molecular formula is C25H35N7O2. The van der Waals surface area contributed by atoms with Crippen LogP contribution in [0.4, 0.5) is 21.0 Å². The van der Waals surface area contributed by atoms with Crippen LogP contribution in [0, 0.1) is 0 Å². The third-order valence-electron chi connectivity index (χ3n) is 5.31. The van der Waals surface area contributed by atoms with Crippen molar-refractivity contribution >= 4 is 29.4 Å². The Hall–Kier alpha value is -3.75. The molecule has 0 aromatic heterocycles. The standard InChI is InChI=1S/C25H35N7O2/c1-19(28-24(33)30-21-11-5-3-6-12-21)17-26-23(32-15-9-10-16-32)27-18-20(2)29-25(34)31-22-13-7-4-8-14-22/h3-8,11-14,19-20H,9-10,15-18H2,1-2H3,(H,26,27)(H2,28,30,33)(H2,29,31,34)/t19-,20-/m0/s1. The summed E-state index contributed by atoms with van der Waals surface area (Å²) in [6.07, 6.45) is 2.25. The maximum Gasteiger partial charge on any atom is 0.319 e. The molecule has 0 aliphatic carbocycles. The average molecular weight is 466 g/mol. The van der Waals surface area contributed by atoms with Gasteiger partial charge in [0.2, 0.25) is 0 Å². The maximum atomic E-state index is 12.2. The Balaban J connectivity index is 1.47. The first-order valence-electron chi connectivity index (χ1n) is 11.8. The van der Waals surface area contributed by atoms with E-state index in [-0.39, 0.29) is 24.1 Å². The van der Waals surface area contributed by atoms with Crippen LogP contribution in [-0.4, -0.2) is 61.2 Å². The lowest BCUT2D eigenvalue weighted by molar-refractivity contribution is 0.248. The molecule has 9 nitrogen and oxygen atoms in total. The molecule has 2 aromatic rings. The van der Waals surface area contributed by atoms with Crippen molar-refractivity contribution in [1.29, 1.82) is 0 Å². The summed E-state index contributed by atoms with van der Waals surface area (Å²) in [6.45, 7) is 6.73. The number of benzene rings is 2. The molecule has 9 heteroatoms. The summed E-state index contributed by atoms with van der Waals surface area (Å²) in [7, 11) is 0. The van der Waals surface area contributed by atoms with Gasteiger partial charge in [-0.1, -0.05) is 36.4 Å². The van der Waals surface area contributed by atoms with Crippen molar-refractivity contribution in [3.05, 3.63) is 60.7 Å². The van der Waals surface area contributed by atoms with E-state index in [0.717, 1.165) is 43.3 Å². The third kappa shape index (κ3) is 8.65. The predicted molar refractivity (Wildman–Crippen MR) is 137 cm³/mol. The molecular weight excluding hydrogens is 430 g/mol. The minimum Gasteiger partial charge on any atom is -0.354 e. The number of urea groups is 2. The van der Waals surface area contributed by atoms with Crippen molar-refractivity contribution < 1.29 is 9.59 Å². The summed E-state index contributed by atoms with van der Waals surface area (Å²) >= 11 is 0. The molecule has 0 saturated carbocycles. The van der Waals surface area contributed by atoms with Crippen molar-refractivity contribution in [3.63, 3.8) is 0 Å². The van der Waals surface area contributed by atoms with E-state index in [1.165, 1.54) is 0 Å². The molecule has 34 heavy (non-hydrogen) atoms. The lowest BCUT2D eigenvalue weighted by Crippen LogP contribution is -2.48. The monoisotopic (exact) mass is 465 g/mol. The highest BCUT2D eigenvalue weighted by molar-refractivity contribution is 5.90. The molecule has 0 bridgehead atoms. The topological polar surface area (TPSA) is 110 Å². The summed E-state index contributed by atoms with van der Waals surface area (Å²) in [6, 6.07) is 17.9. The molecule has 0 spiro atoms. The van der Waals surface area contributed by atoms with Crippen molar-refractivity contribution in [2.24, 2.45) is 4.99 Å². The summed E-state index contributed by atoms with van der Waals surface area (Å²) in [5.41, 5.74) is 1.49. The maximum absolute atomic E-state index is 12.2. The highest BCUT2D eigenvalue weighted by atomic mass is 16.2. The molecule has 4 amide bonds. The summed E-state index contributed by atoms with van der Waals surface area (Å²) < 4.78 is 0. The minimum atomic E-state index is -0.258. The lowest BCUT2D eigenvalue weighted by atomic mass is 10.3. The molecule has 0 unspecified atom stereocenters. The van der Waals surface area contributed by atoms with Gasteiger partial charge in [0.25, 0.3) is 0 Å². The molecule has 1 aliphatic rings. The summed E-state index contributed by atoms with van der Waals surface area (Å²) in [5, 5.41) is 14.9. The van der Waals surface area contributed by atoms with Crippen molar-refractivity contribution in [1.82, 2.24) is 20.9 Å². The van der Waals surface area contributed by atoms with E-state index in [1.807, 2.05) is 74.5 Å². The number of hydrogen-bond acceptors (Lipinski definition) is 3. The van der Waals surface area contributed by atoms with E-state index in [2.05, 4.69) is 31.5 Å². The number of para-hydroxylation sites is 2. The Bertz CT molecular complexity index is 931. The molecule has 1 aliphatic heterocycles. The van der Waals surface area contributed by atoms with E-state index >= 15 is 0 Å². The highest BCUT2D eigenvalue weighted by Crippen LogP contribution is 2.08. The van der Waals surface area contributed by atoms with Crippen LogP contribution in [0.5, 0.6) is 0 Å². The van der Waals surface area contributed by atoms with Gasteiger partial charge in [-0.05, 0) is 51.0 Å². The van der Waals surface area contributed by atoms with Gasteiger partial charge in [-0.2, -0.15) is 0 Å². The number of rotatable bonds is 8. The zero-order valence-corrected chi connectivity index (χ0v) is 19.9. The highest BCUT2D eigenvalue weighted by Gasteiger charge is 2.18. The molecule has 2 aromatic carbocycles. The second-order valence-corrected chi connectivity index (χ2v) is 8.47. The Kier molecular flexibility index (Phi) is 9.57. The van der Waals surface area contributed by atoms with Gasteiger partial charge in [0.1, 0.15) is 0 Å². The van der Waals surface area contributed by atoms with E-state index in [4.69, 9.17) is 4.99 Å². The number of nitrogens with zero attached hydrogens (tertiary/aromatic N) is 2. The number of anilines is 2. The Labute approximate surface area is 201 Å². The fourth-order valence-electron chi connectivity index (χ4n) is 3.59. The smallest absolute Gasteiger partial charge is 0.319 e. The summed E-state index contributed by atoms with van der Waals surface area (Å²) in [4.78, 5) is 31.4. The largest absolute Gasteiger partial charge is 0.354 e. The van der Waals surface area contributed by atoms with Crippen LogP contribution in [0.1, 0.15) is 26.7 Å². The molecule has 2 atom stereocenters. The Morgan fingerprint density at radius 2 is 1.32 bits per heavy atom. The normalized spacial score (nSPS) is 15.2. The van der Waals surface area contributed by atoms with E-state index < -0.39 is 0 Å². The first-order valence-corrected chi connectivity index (χ1v) is 11.8. The third-order valence-corrected chi connectivity index (χ3v) is 5.31. The number of guanidine groups is 1. The second-order valence-electron chi connectivity index (χ2n) is 8.47. The van der Waals surface area contributed by atoms with Crippen molar-refractivity contribution in [3.8, 4) is 0 Å². The van der Waals surface area contributed by atoms with E-state index in [0.29, 0.717) is 13.1 Å². The lowest BCUT2D eigenvalue weighted by Gasteiger charge is -2.24. The van der Waals surface area contributed by atoms with E-state index in [1.54, 1.807) is 0 Å². The number of carbonyl (C=O) groups is 2. The van der Waals surface area contributed by atoms with Gasteiger partial charge in [0.05, 0.1) is 6.54 Å². The fraction of sp³-hybridized carbons (Fsp3) is 0.400. The number of amides is 4. The number of carbonyl (C=O) groups excluding carboxylic acids is 2. The number of hydrogen-bond donors (Lipinski definition) is 5. The Morgan fingerprint density at radius 3 is 1.85 bits per heavy atom. The molecule has 1 saturated heterocycles. The van der Waals surface area contributed by atoms with Crippen LogP contribution in [0.3, 0.4) is 0 Å². The molecule has 3 rings (SSSR count). The molecule has 182 valence electrons. The minimum absolute atomic E-state index is 0.108. The number of likely N-dealkylation sites (tertiary alicyclic amines) is 1. The number of aliphatic imine (C=N–C) groups is 1. The SMILES string of the molecule is C[C@@H](CN=C(NC[C@H](C)NC(=O)Nc1ccccc1)N1CCCC1)NC(=O)Nc1ccccc1. The first kappa shape index (κ1) is 24.9. The second kappa shape index (κ2) is 13.1. The van der Waals surface area contributed by atoms with Gasteiger partial charge < -0.3 is 31.5 Å². The van der Waals surface area contributed by atoms with Gasteiger partial charge in [0.15, 0.2) is 5.96 Å². The van der Waals surface area contributed by atoms with Crippen LogP contribution in [0.25, 0.3) is 0 Å². The van der Waals surface area contributed by atoms with Gasteiger partial charge >= 0.3 is 12.1 Å². The molecule has 1 fully saturated rings. The van der Waals surface area contributed by atoms with Crippen LogP contribution in [-0.2, 0) is 0 Å². The molecule has 5 N–H and O–H groups in total. The zero-order valence-electron chi connectivity index (χ0n) is 19.9. The molecule has 1 heterocycles. The van der Waals surface area contributed by atoms with Crippen molar-refractivity contribution in [2.45, 2.75) is 38.8 Å². The average Bonchev–Trinajstić information content (AvgIpc) is 3.35. The quantitative estimate of drug-likeness (QED) is 0.304. The zero-order chi connectivity index (χ0) is 24.2. The van der Waals surface area contributed by atoms with Crippen LogP contribution >= 0.6 is 0 Å².